The van der Waals surface area contributed by atoms with E-state index in [-0.39, 0.29) is 30.2 Å². The molecule has 6 nitrogen and oxygen atoms in total. The predicted octanol–water partition coefficient (Wildman–Crippen LogP) is 4.91. The lowest BCUT2D eigenvalue weighted by Gasteiger charge is -2.37. The first-order chi connectivity index (χ1) is 15.1. The molecule has 2 amide bonds. The molecule has 32 heavy (non-hydrogen) atoms. The van der Waals surface area contributed by atoms with Gasteiger partial charge in [0.2, 0.25) is 0 Å². The largest absolute Gasteiger partial charge is 0.387 e. The van der Waals surface area contributed by atoms with Crippen LogP contribution in [0.15, 0.2) is 54.6 Å². The monoisotopic (exact) mass is 439 g/mol. The molecule has 2 aromatic rings. The van der Waals surface area contributed by atoms with E-state index in [1.807, 2.05) is 54.6 Å². The Morgan fingerprint density at radius 2 is 1.69 bits per heavy atom. The third-order valence-electron chi connectivity index (χ3n) is 5.43. The molecule has 6 heteroatoms. The van der Waals surface area contributed by atoms with E-state index >= 15 is 0 Å². The lowest BCUT2D eigenvalue weighted by molar-refractivity contribution is -0.00521. The van der Waals surface area contributed by atoms with Crippen LogP contribution in [0, 0.1) is 5.41 Å². The van der Waals surface area contributed by atoms with Crippen LogP contribution in [-0.4, -0.2) is 54.4 Å². The van der Waals surface area contributed by atoms with E-state index in [1.54, 1.807) is 4.90 Å². The van der Waals surface area contributed by atoms with Crippen molar-refractivity contribution < 1.29 is 14.6 Å². The fourth-order valence-electron chi connectivity index (χ4n) is 4.13. The Labute approximate surface area is 192 Å². The number of rotatable bonds is 6. The summed E-state index contributed by atoms with van der Waals surface area (Å²) < 4.78 is 5.82. The Morgan fingerprint density at radius 1 is 1.09 bits per heavy atom. The number of urea groups is 1. The van der Waals surface area contributed by atoms with Gasteiger partial charge in [-0.25, -0.2) is 4.79 Å². The average molecular weight is 440 g/mol. The molecule has 1 heterocycles. The number of carbonyl (C=O) groups excluding carboxylic acids is 1. The smallest absolute Gasteiger partial charge is 0.321 e. The number of anilines is 2. The summed E-state index contributed by atoms with van der Waals surface area (Å²) in [4.78, 5) is 17.1. The number of nitrogens with one attached hydrogen (secondary N) is 1. The molecule has 1 saturated heterocycles. The number of aliphatic hydroxyl groups excluding tert-OH is 1. The number of benzene rings is 2. The number of morpholine rings is 1. The average Bonchev–Trinajstić information content (AvgIpc) is 2.72. The number of hydrogen-bond acceptors (Lipinski definition) is 4. The van der Waals surface area contributed by atoms with Crippen LogP contribution in [0.3, 0.4) is 0 Å². The fraction of sp³-hybridized carbons (Fsp3) is 0.500. The van der Waals surface area contributed by atoms with Crippen LogP contribution in [0.1, 0.15) is 46.3 Å². The van der Waals surface area contributed by atoms with Crippen molar-refractivity contribution in [3.05, 3.63) is 60.2 Å². The second-order valence-electron chi connectivity index (χ2n) is 10.0. The first-order valence-corrected chi connectivity index (χ1v) is 11.4. The Bertz CT molecular complexity index is 854. The second kappa shape index (κ2) is 10.4. The van der Waals surface area contributed by atoms with Crippen molar-refractivity contribution in [3.8, 4) is 0 Å². The second-order valence-corrected chi connectivity index (χ2v) is 10.0. The van der Waals surface area contributed by atoms with E-state index in [0.29, 0.717) is 6.54 Å². The van der Waals surface area contributed by atoms with Gasteiger partial charge in [0.1, 0.15) is 0 Å². The molecule has 2 N–H and O–H groups in total. The van der Waals surface area contributed by atoms with Gasteiger partial charge in [-0.05, 0) is 49.1 Å². The molecule has 3 rings (SSSR count). The normalized spacial score (nSPS) is 20.0. The van der Waals surface area contributed by atoms with Crippen LogP contribution >= 0.6 is 0 Å². The minimum Gasteiger partial charge on any atom is -0.387 e. The fourth-order valence-corrected chi connectivity index (χ4v) is 4.13. The van der Waals surface area contributed by atoms with Gasteiger partial charge in [0.25, 0.3) is 0 Å². The summed E-state index contributed by atoms with van der Waals surface area (Å²) in [5.74, 6) is 0. The predicted molar refractivity (Wildman–Crippen MR) is 130 cm³/mol. The highest BCUT2D eigenvalue weighted by Crippen LogP contribution is 2.24. The van der Waals surface area contributed by atoms with E-state index in [4.69, 9.17) is 4.74 Å². The molecule has 0 aromatic heterocycles. The number of nitrogens with zero attached hydrogens (tertiary/aromatic N) is 2. The summed E-state index contributed by atoms with van der Waals surface area (Å²) in [5.41, 5.74) is 2.57. The summed E-state index contributed by atoms with van der Waals surface area (Å²) >= 11 is 0. The molecular weight excluding hydrogens is 402 g/mol. The maximum Gasteiger partial charge on any atom is 0.321 e. The first kappa shape index (κ1) is 24.1. The Balaban J connectivity index is 1.67. The van der Waals surface area contributed by atoms with E-state index in [9.17, 15) is 9.90 Å². The van der Waals surface area contributed by atoms with Gasteiger partial charge in [-0.1, -0.05) is 51.1 Å². The minimum absolute atomic E-state index is 0.0959. The zero-order valence-electron chi connectivity index (χ0n) is 19.9. The minimum atomic E-state index is -0.739. The van der Waals surface area contributed by atoms with Crippen LogP contribution < -0.4 is 10.2 Å². The van der Waals surface area contributed by atoms with Crippen molar-refractivity contribution in [2.45, 2.75) is 52.9 Å². The van der Waals surface area contributed by atoms with Gasteiger partial charge in [0.15, 0.2) is 0 Å². The van der Waals surface area contributed by atoms with E-state index in [1.165, 1.54) is 0 Å². The van der Waals surface area contributed by atoms with Gasteiger partial charge in [0, 0.05) is 31.0 Å². The molecule has 1 aliphatic rings. The quantitative estimate of drug-likeness (QED) is 0.671. The van der Waals surface area contributed by atoms with Crippen molar-refractivity contribution in [1.29, 1.82) is 0 Å². The highest BCUT2D eigenvalue weighted by Gasteiger charge is 2.25. The molecule has 1 aliphatic heterocycles. The van der Waals surface area contributed by atoms with E-state index < -0.39 is 6.10 Å². The third kappa shape index (κ3) is 6.97. The number of aliphatic hydroxyl groups is 1. The topological polar surface area (TPSA) is 65.0 Å². The molecule has 3 atom stereocenters. The van der Waals surface area contributed by atoms with Crippen LogP contribution in [-0.2, 0) is 4.74 Å². The molecule has 0 unspecified atom stereocenters. The van der Waals surface area contributed by atoms with E-state index in [0.717, 1.165) is 30.0 Å². The summed E-state index contributed by atoms with van der Waals surface area (Å²) in [7, 11) is 0. The Morgan fingerprint density at radius 3 is 2.25 bits per heavy atom. The molecule has 0 bridgehead atoms. The zero-order chi connectivity index (χ0) is 23.3. The lowest BCUT2D eigenvalue weighted by atomic mass is 9.95. The Hall–Kier alpha value is -2.57. The van der Waals surface area contributed by atoms with Gasteiger partial charge in [-0.2, -0.15) is 0 Å². The van der Waals surface area contributed by atoms with Crippen LogP contribution in [0.5, 0.6) is 0 Å². The Kier molecular flexibility index (Phi) is 7.80. The van der Waals surface area contributed by atoms with Crippen molar-refractivity contribution in [2.24, 2.45) is 5.41 Å². The molecule has 0 saturated carbocycles. The summed E-state index contributed by atoms with van der Waals surface area (Å²) in [5, 5.41) is 13.7. The SMILES string of the molecule is C[C@@H]1CN(c2ccc(NC(=O)N(C[C@@H](O)c3ccccc3)CC(C)(C)C)cc2)C[C@H](C)O1. The highest BCUT2D eigenvalue weighted by molar-refractivity contribution is 5.89. The molecular formula is C26H37N3O3. The summed E-state index contributed by atoms with van der Waals surface area (Å²) in [6.07, 6.45) is -0.350. The van der Waals surface area contributed by atoms with E-state index in [2.05, 4.69) is 44.8 Å². The summed E-state index contributed by atoms with van der Waals surface area (Å²) in [6.45, 7) is 12.9. The number of amides is 2. The van der Waals surface area contributed by atoms with Crippen molar-refractivity contribution >= 4 is 17.4 Å². The standard InChI is InChI=1S/C26H37N3O3/c1-19-15-28(16-20(2)32-19)23-13-11-22(12-14-23)27-25(31)29(18-26(3,4)5)17-24(30)21-9-7-6-8-10-21/h6-14,19-20,24,30H,15-18H2,1-5H3,(H,27,31)/t19-,20+,24-/m1/s1. The number of ether oxygens (including phenoxy) is 1. The first-order valence-electron chi connectivity index (χ1n) is 11.4. The maximum atomic E-state index is 13.1. The molecule has 2 aromatic carbocycles. The van der Waals surface area contributed by atoms with Crippen molar-refractivity contribution in [3.63, 3.8) is 0 Å². The molecule has 1 fully saturated rings. The van der Waals surface area contributed by atoms with Crippen molar-refractivity contribution in [1.82, 2.24) is 4.90 Å². The van der Waals surface area contributed by atoms with Gasteiger partial charge in [0.05, 0.1) is 24.9 Å². The van der Waals surface area contributed by atoms with Crippen LogP contribution in [0.2, 0.25) is 0 Å². The molecule has 174 valence electrons. The van der Waals surface area contributed by atoms with Crippen LogP contribution in [0.4, 0.5) is 16.2 Å². The summed E-state index contributed by atoms with van der Waals surface area (Å²) in [6, 6.07) is 17.2. The maximum absolute atomic E-state index is 13.1. The van der Waals surface area contributed by atoms with Crippen molar-refractivity contribution in [2.75, 3.05) is 36.4 Å². The third-order valence-corrected chi connectivity index (χ3v) is 5.43. The highest BCUT2D eigenvalue weighted by atomic mass is 16.5. The van der Waals surface area contributed by atoms with Gasteiger partial charge < -0.3 is 25.0 Å². The van der Waals surface area contributed by atoms with Gasteiger partial charge in [-0.15, -0.1) is 0 Å². The van der Waals surface area contributed by atoms with Gasteiger partial charge in [-0.3, -0.25) is 0 Å². The van der Waals surface area contributed by atoms with Crippen LogP contribution in [0.25, 0.3) is 0 Å². The molecule has 0 spiro atoms. The molecule has 0 radical (unpaired) electrons. The number of hydrogen-bond donors (Lipinski definition) is 2. The number of carbonyl (C=O) groups is 1. The van der Waals surface area contributed by atoms with Gasteiger partial charge >= 0.3 is 6.03 Å². The lowest BCUT2D eigenvalue weighted by Crippen LogP contribution is -2.45. The zero-order valence-corrected chi connectivity index (χ0v) is 19.9. The molecule has 0 aliphatic carbocycles.